The van der Waals surface area contributed by atoms with Gasteiger partial charge < -0.3 is 11.5 Å². The lowest BCUT2D eigenvalue weighted by atomic mass is 10.1. The van der Waals surface area contributed by atoms with Crippen LogP contribution in [0.15, 0.2) is 9.98 Å². The quantitative estimate of drug-likeness (QED) is 0.190. The minimum Gasteiger partial charge on any atom is -0.386 e. The second-order valence-corrected chi connectivity index (χ2v) is 3.72. The minimum atomic E-state index is 0.165. The van der Waals surface area contributed by atoms with Crippen molar-refractivity contribution in [2.24, 2.45) is 21.5 Å². The van der Waals surface area contributed by atoms with Gasteiger partial charge in [0.25, 0.3) is 0 Å². The Balaban J connectivity index is 3.38. The third-order valence-corrected chi connectivity index (χ3v) is 2.25. The fraction of sp³-hybridized carbons (Fsp3) is 0.636. The Labute approximate surface area is 107 Å². The molecule has 0 aliphatic carbocycles. The van der Waals surface area contributed by atoms with Crippen LogP contribution in [0.4, 0.5) is 0 Å². The monoisotopic (exact) mass is 249 g/mol. The average molecular weight is 249 g/mol. The molecule has 0 aromatic carbocycles. The fourth-order valence-electron chi connectivity index (χ4n) is 1.36. The fourth-order valence-corrected chi connectivity index (χ4v) is 1.36. The molecule has 0 aromatic rings. The number of rotatable bonds is 8. The van der Waals surface area contributed by atoms with E-state index in [0.29, 0.717) is 18.8 Å². The number of hydrogen-bond acceptors (Lipinski definition) is 4. The van der Waals surface area contributed by atoms with Crippen LogP contribution < -0.4 is 16.8 Å². The molecule has 0 saturated carbocycles. The summed E-state index contributed by atoms with van der Waals surface area (Å²) in [7, 11) is 0. The van der Waals surface area contributed by atoms with Gasteiger partial charge in [-0.15, -0.1) is 0 Å². The van der Waals surface area contributed by atoms with Gasteiger partial charge in [0.2, 0.25) is 12.2 Å². The lowest BCUT2D eigenvalue weighted by Crippen LogP contribution is -2.27. The van der Waals surface area contributed by atoms with Crippen molar-refractivity contribution in [3.05, 3.63) is 0 Å². The van der Waals surface area contributed by atoms with Gasteiger partial charge in [-0.3, -0.25) is 10.3 Å². The van der Waals surface area contributed by atoms with Crippen LogP contribution in [0.5, 0.6) is 0 Å². The maximum atomic E-state index is 8.26. The number of nitrogens with two attached hydrogens (primary N) is 2. The largest absolute Gasteiger partial charge is 0.386 e. The van der Waals surface area contributed by atoms with Gasteiger partial charge in [0, 0.05) is 13.0 Å². The topological polar surface area (TPSA) is 136 Å². The van der Waals surface area contributed by atoms with E-state index in [1.807, 2.05) is 0 Å². The van der Waals surface area contributed by atoms with Crippen LogP contribution in [0.25, 0.3) is 0 Å². The molecule has 0 aliphatic rings. The standard InChI is InChI=1S/C11H19N7/c12-8-17-10(14)6-4-2-1-3-5-7-16-11(15)18-9-13/h1-7H2,(H2,14,17)(H3,15,16,18). The molecule has 98 valence electrons. The molecule has 0 bridgehead atoms. The van der Waals surface area contributed by atoms with E-state index in [1.54, 1.807) is 12.4 Å². The number of nitrogens with zero attached hydrogens (tertiary/aromatic N) is 4. The summed E-state index contributed by atoms with van der Waals surface area (Å²) in [5, 5.41) is 18.8. The third-order valence-electron chi connectivity index (χ3n) is 2.25. The highest BCUT2D eigenvalue weighted by molar-refractivity contribution is 5.81. The highest BCUT2D eigenvalue weighted by Gasteiger charge is 1.94. The molecule has 0 amide bonds. The second kappa shape index (κ2) is 11.2. The lowest BCUT2D eigenvalue weighted by Gasteiger charge is -2.00. The highest BCUT2D eigenvalue weighted by Crippen LogP contribution is 2.05. The second-order valence-electron chi connectivity index (χ2n) is 3.72. The van der Waals surface area contributed by atoms with E-state index in [9.17, 15) is 0 Å². The van der Waals surface area contributed by atoms with Crippen LogP contribution in [0.2, 0.25) is 0 Å². The van der Waals surface area contributed by atoms with Gasteiger partial charge in [0.05, 0.1) is 0 Å². The van der Waals surface area contributed by atoms with Gasteiger partial charge in [-0.25, -0.2) is 0 Å². The summed E-state index contributed by atoms with van der Waals surface area (Å²) in [4.78, 5) is 7.41. The van der Waals surface area contributed by atoms with Gasteiger partial charge in [-0.05, 0) is 12.8 Å². The zero-order valence-electron chi connectivity index (χ0n) is 10.4. The molecule has 0 spiro atoms. The summed E-state index contributed by atoms with van der Waals surface area (Å²) in [5.41, 5.74) is 10.8. The van der Waals surface area contributed by atoms with Crippen LogP contribution in [0.3, 0.4) is 0 Å². The maximum Gasteiger partial charge on any atom is 0.207 e. The molecule has 5 N–H and O–H groups in total. The van der Waals surface area contributed by atoms with E-state index in [2.05, 4.69) is 15.3 Å². The predicted octanol–water partition coefficient (Wildman–Crippen LogP) is 0.551. The van der Waals surface area contributed by atoms with Gasteiger partial charge >= 0.3 is 0 Å². The molecule has 0 radical (unpaired) electrons. The van der Waals surface area contributed by atoms with Crippen molar-refractivity contribution < 1.29 is 0 Å². The lowest BCUT2D eigenvalue weighted by molar-refractivity contribution is 0.627. The van der Waals surface area contributed by atoms with Crippen molar-refractivity contribution in [1.29, 1.82) is 10.5 Å². The van der Waals surface area contributed by atoms with Gasteiger partial charge in [0.1, 0.15) is 5.84 Å². The summed E-state index contributed by atoms with van der Waals surface area (Å²) in [5.74, 6) is 0.565. The van der Waals surface area contributed by atoms with Crippen LogP contribution in [-0.4, -0.2) is 18.3 Å². The van der Waals surface area contributed by atoms with E-state index in [1.165, 1.54) is 0 Å². The summed E-state index contributed by atoms with van der Waals surface area (Å²) in [6, 6.07) is 0. The first-order valence-electron chi connectivity index (χ1n) is 5.87. The Kier molecular flexibility index (Phi) is 9.79. The smallest absolute Gasteiger partial charge is 0.207 e. The van der Waals surface area contributed by atoms with Crippen LogP contribution in [0.1, 0.15) is 38.5 Å². The SMILES string of the molecule is N#CN=C(N)CCCCCCCN=C(N)NC#N. The normalized spacial score (nSPS) is 11.7. The van der Waals surface area contributed by atoms with E-state index >= 15 is 0 Å². The Morgan fingerprint density at radius 1 is 1.06 bits per heavy atom. The molecule has 18 heavy (non-hydrogen) atoms. The first kappa shape index (κ1) is 15.7. The van der Waals surface area contributed by atoms with Gasteiger partial charge in [-0.1, -0.05) is 19.3 Å². The van der Waals surface area contributed by atoms with Crippen LogP contribution in [-0.2, 0) is 0 Å². The number of aliphatic imine (C=N–C) groups is 2. The molecule has 0 fully saturated rings. The van der Waals surface area contributed by atoms with Crippen molar-refractivity contribution >= 4 is 11.8 Å². The Hall–Kier alpha value is -2.28. The van der Waals surface area contributed by atoms with Crippen molar-refractivity contribution in [2.45, 2.75) is 38.5 Å². The molecular formula is C11H19N7. The van der Waals surface area contributed by atoms with Crippen LogP contribution in [0, 0.1) is 22.9 Å². The third kappa shape index (κ3) is 10.2. The molecule has 0 atom stereocenters. The number of hydrogen-bond donors (Lipinski definition) is 3. The zero-order valence-corrected chi connectivity index (χ0v) is 10.4. The number of guanidine groups is 1. The van der Waals surface area contributed by atoms with Crippen LogP contribution >= 0.6 is 0 Å². The Morgan fingerprint density at radius 2 is 1.72 bits per heavy atom. The number of amidine groups is 1. The first-order valence-corrected chi connectivity index (χ1v) is 5.87. The zero-order chi connectivity index (χ0) is 13.6. The molecule has 7 heteroatoms. The summed E-state index contributed by atoms with van der Waals surface area (Å²) < 4.78 is 0. The molecule has 0 saturated heterocycles. The minimum absolute atomic E-state index is 0.165. The predicted molar refractivity (Wildman–Crippen MR) is 70.2 cm³/mol. The molecular weight excluding hydrogens is 230 g/mol. The molecule has 0 aliphatic heterocycles. The first-order chi connectivity index (χ1) is 8.70. The van der Waals surface area contributed by atoms with Crippen molar-refractivity contribution in [3.8, 4) is 12.4 Å². The van der Waals surface area contributed by atoms with E-state index < -0.39 is 0 Å². The number of nitriles is 2. The van der Waals surface area contributed by atoms with E-state index in [0.717, 1.165) is 32.1 Å². The molecule has 0 heterocycles. The molecule has 7 nitrogen and oxygen atoms in total. The van der Waals surface area contributed by atoms with Crippen molar-refractivity contribution in [2.75, 3.05) is 6.54 Å². The van der Waals surface area contributed by atoms with Crippen molar-refractivity contribution in [1.82, 2.24) is 5.32 Å². The Bertz CT molecular complexity index is 359. The highest BCUT2D eigenvalue weighted by atomic mass is 15.1. The summed E-state index contributed by atoms with van der Waals surface area (Å²) in [6.07, 6.45) is 9.12. The summed E-state index contributed by atoms with van der Waals surface area (Å²) in [6.45, 7) is 0.624. The number of unbranched alkanes of at least 4 members (excludes halogenated alkanes) is 4. The molecule has 0 unspecified atom stereocenters. The van der Waals surface area contributed by atoms with Gasteiger partial charge in [0.15, 0.2) is 6.19 Å². The molecule has 0 aromatic heterocycles. The van der Waals surface area contributed by atoms with Crippen molar-refractivity contribution in [3.63, 3.8) is 0 Å². The van der Waals surface area contributed by atoms with E-state index in [-0.39, 0.29) is 5.96 Å². The average Bonchev–Trinajstić information content (AvgIpc) is 2.33. The van der Waals surface area contributed by atoms with E-state index in [4.69, 9.17) is 22.0 Å². The summed E-state index contributed by atoms with van der Waals surface area (Å²) >= 11 is 0. The Morgan fingerprint density at radius 3 is 2.39 bits per heavy atom. The van der Waals surface area contributed by atoms with Gasteiger partial charge in [-0.2, -0.15) is 15.5 Å². The molecule has 0 rings (SSSR count). The number of nitrogens with one attached hydrogen (secondary N) is 1. The maximum absolute atomic E-state index is 8.26.